The smallest absolute Gasteiger partial charge is 0.325 e. The SMILES string of the molecule is Cl.NC(N)=NCCCCCCC(=O)NC[C@@H](O)CC(=O)NCC(=O)OCc1ccccc1. The number of carbonyl (C=O) groups is 3. The van der Waals surface area contributed by atoms with Gasteiger partial charge in [-0.2, -0.15) is 0 Å². The Morgan fingerprint density at radius 3 is 2.38 bits per heavy atom. The minimum atomic E-state index is -1.04. The van der Waals surface area contributed by atoms with Gasteiger partial charge in [-0.05, 0) is 18.4 Å². The molecule has 0 saturated carbocycles. The maximum absolute atomic E-state index is 11.8. The standard InChI is InChI=1S/C21H33N5O5.ClH/c22-21(23)24-11-7-2-1-6-10-18(28)25-13-17(27)12-19(29)26-14-20(30)31-15-16-8-4-3-5-9-16;/h3-5,8-9,17,27H,1-2,6-7,10-15H2,(H,25,28)(H,26,29)(H4,22,23,24);1H/t17-;/m0./s1. The van der Waals surface area contributed by atoms with Crippen LogP contribution in [-0.4, -0.2) is 54.6 Å². The minimum absolute atomic E-state index is 0. The van der Waals surface area contributed by atoms with E-state index in [0.717, 1.165) is 31.2 Å². The molecular weight excluding hydrogens is 438 g/mol. The summed E-state index contributed by atoms with van der Waals surface area (Å²) >= 11 is 0. The number of nitrogens with two attached hydrogens (primary N) is 2. The number of nitrogens with one attached hydrogen (secondary N) is 2. The fourth-order valence-electron chi connectivity index (χ4n) is 2.60. The molecule has 0 radical (unpaired) electrons. The summed E-state index contributed by atoms with van der Waals surface area (Å²) in [5.74, 6) is -1.18. The third-order valence-corrected chi connectivity index (χ3v) is 4.23. The maximum atomic E-state index is 11.8. The molecule has 32 heavy (non-hydrogen) atoms. The number of halogens is 1. The molecule has 0 saturated heterocycles. The molecule has 10 nitrogen and oxygen atoms in total. The first-order valence-corrected chi connectivity index (χ1v) is 10.3. The summed E-state index contributed by atoms with van der Waals surface area (Å²) < 4.78 is 5.05. The topological polar surface area (TPSA) is 169 Å². The second-order valence-electron chi connectivity index (χ2n) is 7.06. The van der Waals surface area contributed by atoms with Crippen molar-refractivity contribution in [3.05, 3.63) is 35.9 Å². The van der Waals surface area contributed by atoms with Gasteiger partial charge in [0, 0.05) is 19.5 Å². The van der Waals surface area contributed by atoms with E-state index in [1.165, 1.54) is 0 Å². The van der Waals surface area contributed by atoms with E-state index < -0.39 is 18.0 Å². The lowest BCUT2D eigenvalue weighted by molar-refractivity contribution is -0.145. The Hall–Kier alpha value is -2.85. The molecule has 0 aromatic heterocycles. The van der Waals surface area contributed by atoms with Crippen LogP contribution in [-0.2, 0) is 25.7 Å². The highest BCUT2D eigenvalue weighted by Crippen LogP contribution is 2.03. The number of carbonyl (C=O) groups excluding carboxylic acids is 3. The molecule has 0 heterocycles. The van der Waals surface area contributed by atoms with Gasteiger partial charge in [-0.1, -0.05) is 43.2 Å². The Bertz CT molecular complexity index is 714. The summed E-state index contributed by atoms with van der Waals surface area (Å²) in [6.07, 6.45) is 2.44. The predicted octanol–water partition coefficient (Wildman–Crippen LogP) is 0.359. The average molecular weight is 472 g/mol. The van der Waals surface area contributed by atoms with Crippen molar-refractivity contribution in [3.63, 3.8) is 0 Å². The molecule has 1 aromatic rings. The monoisotopic (exact) mass is 471 g/mol. The lowest BCUT2D eigenvalue weighted by atomic mass is 10.1. The van der Waals surface area contributed by atoms with Crippen LogP contribution in [0.4, 0.5) is 0 Å². The Morgan fingerprint density at radius 1 is 1.00 bits per heavy atom. The molecule has 1 rings (SSSR count). The third-order valence-electron chi connectivity index (χ3n) is 4.23. The number of unbranched alkanes of at least 4 members (excludes halogenated alkanes) is 3. The summed E-state index contributed by atoms with van der Waals surface area (Å²) in [6, 6.07) is 9.18. The number of hydrogen-bond donors (Lipinski definition) is 5. The molecule has 1 aromatic carbocycles. The van der Waals surface area contributed by atoms with Crippen molar-refractivity contribution in [2.75, 3.05) is 19.6 Å². The van der Waals surface area contributed by atoms with E-state index in [0.29, 0.717) is 13.0 Å². The number of amides is 2. The summed E-state index contributed by atoms with van der Waals surface area (Å²) in [5, 5.41) is 14.9. The van der Waals surface area contributed by atoms with Gasteiger partial charge in [0.05, 0.1) is 12.5 Å². The van der Waals surface area contributed by atoms with E-state index >= 15 is 0 Å². The van der Waals surface area contributed by atoms with Gasteiger partial charge in [0.1, 0.15) is 13.2 Å². The number of guanidine groups is 1. The first-order chi connectivity index (χ1) is 14.9. The van der Waals surface area contributed by atoms with Crippen molar-refractivity contribution < 1.29 is 24.2 Å². The predicted molar refractivity (Wildman–Crippen MR) is 124 cm³/mol. The van der Waals surface area contributed by atoms with E-state index in [9.17, 15) is 19.5 Å². The second-order valence-corrected chi connectivity index (χ2v) is 7.06. The van der Waals surface area contributed by atoms with Crippen molar-refractivity contribution in [2.24, 2.45) is 16.5 Å². The number of aliphatic hydroxyl groups is 1. The second kappa shape index (κ2) is 17.8. The average Bonchev–Trinajstić information content (AvgIpc) is 2.74. The zero-order valence-corrected chi connectivity index (χ0v) is 18.9. The number of ether oxygens (including phenoxy) is 1. The van der Waals surface area contributed by atoms with Crippen LogP contribution in [0.5, 0.6) is 0 Å². The molecule has 0 aliphatic heterocycles. The highest BCUT2D eigenvalue weighted by atomic mass is 35.5. The van der Waals surface area contributed by atoms with Crippen LogP contribution in [0.15, 0.2) is 35.3 Å². The number of esters is 1. The van der Waals surface area contributed by atoms with E-state index in [1.54, 1.807) is 0 Å². The first kappa shape index (κ1) is 29.1. The van der Waals surface area contributed by atoms with E-state index in [4.69, 9.17) is 16.2 Å². The van der Waals surface area contributed by atoms with Crippen LogP contribution < -0.4 is 22.1 Å². The highest BCUT2D eigenvalue weighted by molar-refractivity contribution is 5.85. The van der Waals surface area contributed by atoms with E-state index in [2.05, 4.69) is 15.6 Å². The molecule has 0 unspecified atom stereocenters. The molecule has 2 amide bonds. The molecule has 0 aliphatic rings. The molecule has 0 spiro atoms. The Labute approximate surface area is 194 Å². The molecule has 7 N–H and O–H groups in total. The Balaban J connectivity index is 0.00000961. The van der Waals surface area contributed by atoms with Crippen molar-refractivity contribution in [3.8, 4) is 0 Å². The minimum Gasteiger partial charge on any atom is -0.460 e. The molecule has 11 heteroatoms. The highest BCUT2D eigenvalue weighted by Gasteiger charge is 2.13. The van der Waals surface area contributed by atoms with Crippen molar-refractivity contribution in [1.82, 2.24) is 10.6 Å². The summed E-state index contributed by atoms with van der Waals surface area (Å²) in [7, 11) is 0. The summed E-state index contributed by atoms with van der Waals surface area (Å²) in [5.41, 5.74) is 11.3. The van der Waals surface area contributed by atoms with E-state index in [1.807, 2.05) is 30.3 Å². The van der Waals surface area contributed by atoms with Crippen LogP contribution in [0, 0.1) is 0 Å². The van der Waals surface area contributed by atoms with Gasteiger partial charge in [0.15, 0.2) is 5.96 Å². The lowest BCUT2D eigenvalue weighted by Gasteiger charge is -2.12. The number of benzene rings is 1. The van der Waals surface area contributed by atoms with Gasteiger partial charge in [-0.3, -0.25) is 19.4 Å². The van der Waals surface area contributed by atoms with Crippen molar-refractivity contribution >= 4 is 36.2 Å². The quantitative estimate of drug-likeness (QED) is 0.106. The molecule has 0 fully saturated rings. The summed E-state index contributed by atoms with van der Waals surface area (Å²) in [6.45, 7) is 0.386. The summed E-state index contributed by atoms with van der Waals surface area (Å²) in [4.78, 5) is 39.1. The van der Waals surface area contributed by atoms with Crippen LogP contribution in [0.3, 0.4) is 0 Å². The van der Waals surface area contributed by atoms with E-state index in [-0.39, 0.29) is 50.4 Å². The fraction of sp³-hybridized carbons (Fsp3) is 0.524. The normalized spacial score (nSPS) is 10.9. The molecular formula is C21H34ClN5O5. The van der Waals surface area contributed by atoms with Gasteiger partial charge in [-0.25, -0.2) is 0 Å². The van der Waals surface area contributed by atoms with Crippen LogP contribution in [0.2, 0.25) is 0 Å². The number of aliphatic hydroxyl groups excluding tert-OH is 1. The zero-order chi connectivity index (χ0) is 22.9. The number of hydrogen-bond acceptors (Lipinski definition) is 6. The number of rotatable bonds is 15. The molecule has 180 valence electrons. The van der Waals surface area contributed by atoms with Gasteiger partial charge < -0.3 is 31.9 Å². The largest absolute Gasteiger partial charge is 0.460 e. The van der Waals surface area contributed by atoms with Gasteiger partial charge in [0.2, 0.25) is 11.8 Å². The molecule has 1 atom stereocenters. The number of aliphatic imine (C=N–C) groups is 1. The molecule has 0 aliphatic carbocycles. The van der Waals surface area contributed by atoms with Gasteiger partial charge in [-0.15, -0.1) is 12.4 Å². The van der Waals surface area contributed by atoms with Crippen LogP contribution >= 0.6 is 12.4 Å². The number of nitrogens with zero attached hydrogens (tertiary/aromatic N) is 1. The van der Waals surface area contributed by atoms with Crippen LogP contribution in [0.1, 0.15) is 44.1 Å². The Kier molecular flexibility index (Phi) is 16.2. The van der Waals surface area contributed by atoms with Crippen molar-refractivity contribution in [1.29, 1.82) is 0 Å². The first-order valence-electron chi connectivity index (χ1n) is 10.3. The third kappa shape index (κ3) is 15.9. The Morgan fingerprint density at radius 2 is 1.69 bits per heavy atom. The van der Waals surface area contributed by atoms with Gasteiger partial charge in [0.25, 0.3) is 0 Å². The maximum Gasteiger partial charge on any atom is 0.325 e. The van der Waals surface area contributed by atoms with Gasteiger partial charge >= 0.3 is 5.97 Å². The van der Waals surface area contributed by atoms with Crippen molar-refractivity contribution in [2.45, 2.75) is 51.2 Å². The fourth-order valence-corrected chi connectivity index (χ4v) is 2.60. The molecule has 0 bridgehead atoms. The zero-order valence-electron chi connectivity index (χ0n) is 18.1. The van der Waals surface area contributed by atoms with Crippen LogP contribution in [0.25, 0.3) is 0 Å². The lowest BCUT2D eigenvalue weighted by Crippen LogP contribution is -2.37.